The number of nitro groups is 1. The molecule has 0 aliphatic carbocycles. The molecule has 20 heavy (non-hydrogen) atoms. The maximum Gasteiger partial charge on any atom is 0.270 e. The summed E-state index contributed by atoms with van der Waals surface area (Å²) in [5.74, 6) is -0.547. The molecule has 0 spiro atoms. The average molecular weight is 278 g/mol. The van der Waals surface area contributed by atoms with E-state index in [1.807, 2.05) is 0 Å². The van der Waals surface area contributed by atoms with E-state index in [1.54, 1.807) is 6.07 Å². The third-order valence-corrected chi connectivity index (χ3v) is 3.15. The van der Waals surface area contributed by atoms with Crippen LogP contribution >= 0.6 is 0 Å². The van der Waals surface area contributed by atoms with E-state index in [2.05, 4.69) is 0 Å². The van der Waals surface area contributed by atoms with Crippen molar-refractivity contribution in [3.8, 4) is 0 Å². The molecule has 7 nitrogen and oxygen atoms in total. The zero-order valence-corrected chi connectivity index (χ0v) is 11.0. The van der Waals surface area contributed by atoms with Gasteiger partial charge in [-0.05, 0) is 12.0 Å². The first-order valence-corrected chi connectivity index (χ1v) is 6.10. The van der Waals surface area contributed by atoms with Crippen molar-refractivity contribution >= 4 is 17.4 Å². The van der Waals surface area contributed by atoms with E-state index < -0.39 is 4.92 Å². The molecule has 1 aliphatic heterocycles. The van der Waals surface area contributed by atoms with Crippen LogP contribution in [0.3, 0.4) is 0 Å². The number of non-ortho nitro benzene ring substituents is 1. The molecule has 1 aromatic carbocycles. The van der Waals surface area contributed by atoms with Crippen LogP contribution in [0.1, 0.15) is 15.9 Å². The number of nitro benzene ring substituents is 1. The minimum absolute atomic E-state index is 0.0329. The van der Waals surface area contributed by atoms with E-state index in [-0.39, 0.29) is 30.5 Å². The van der Waals surface area contributed by atoms with Gasteiger partial charge in [-0.3, -0.25) is 19.7 Å². The fourth-order valence-corrected chi connectivity index (χ4v) is 2.19. The lowest BCUT2D eigenvalue weighted by atomic mass is 9.98. The highest BCUT2D eigenvalue weighted by Crippen LogP contribution is 2.23. The molecule has 1 amide bonds. The van der Waals surface area contributed by atoms with Crippen molar-refractivity contribution in [1.82, 2.24) is 4.90 Å². The van der Waals surface area contributed by atoms with Gasteiger partial charge < -0.3 is 9.64 Å². The zero-order chi connectivity index (χ0) is 14.7. The Bertz CT molecular complexity index is 570. The van der Waals surface area contributed by atoms with Gasteiger partial charge >= 0.3 is 0 Å². The van der Waals surface area contributed by atoms with Gasteiger partial charge in [0.25, 0.3) is 11.6 Å². The first-order chi connectivity index (χ1) is 9.52. The van der Waals surface area contributed by atoms with Crippen molar-refractivity contribution < 1.29 is 19.2 Å². The minimum atomic E-state index is -0.539. The number of Topliss-reactive ketones (excluding diaryl/α,β-unsaturated/α-hetero) is 1. The predicted molar refractivity (Wildman–Crippen MR) is 69.6 cm³/mol. The zero-order valence-electron chi connectivity index (χ0n) is 11.0. The van der Waals surface area contributed by atoms with Crippen molar-refractivity contribution in [2.45, 2.75) is 6.42 Å². The fourth-order valence-electron chi connectivity index (χ4n) is 2.19. The number of nitrogens with zero attached hydrogens (tertiary/aromatic N) is 2. The van der Waals surface area contributed by atoms with Gasteiger partial charge in [0.1, 0.15) is 6.61 Å². The fraction of sp³-hybridized carbons (Fsp3) is 0.385. The van der Waals surface area contributed by atoms with Crippen LogP contribution in [0.4, 0.5) is 5.69 Å². The van der Waals surface area contributed by atoms with Gasteiger partial charge in [0.2, 0.25) is 0 Å². The van der Waals surface area contributed by atoms with Crippen molar-refractivity contribution in [2.75, 3.05) is 26.8 Å². The summed E-state index contributed by atoms with van der Waals surface area (Å²) in [6, 6.07) is 4.25. The van der Waals surface area contributed by atoms with E-state index >= 15 is 0 Å². The highest BCUT2D eigenvalue weighted by atomic mass is 16.6. The van der Waals surface area contributed by atoms with E-state index in [9.17, 15) is 19.7 Å². The van der Waals surface area contributed by atoms with Crippen molar-refractivity contribution in [1.29, 1.82) is 0 Å². The Morgan fingerprint density at radius 3 is 2.90 bits per heavy atom. The highest BCUT2D eigenvalue weighted by molar-refractivity contribution is 5.99. The molecule has 0 saturated heterocycles. The molecule has 1 heterocycles. The first-order valence-electron chi connectivity index (χ1n) is 6.10. The number of carbonyl (C=O) groups is 2. The van der Waals surface area contributed by atoms with Gasteiger partial charge in [0.15, 0.2) is 5.78 Å². The molecule has 2 rings (SSSR count). The van der Waals surface area contributed by atoms with Gasteiger partial charge in [-0.2, -0.15) is 0 Å². The van der Waals surface area contributed by atoms with Crippen LogP contribution in [0.5, 0.6) is 0 Å². The Hall–Kier alpha value is -2.28. The lowest BCUT2D eigenvalue weighted by Gasteiger charge is -2.27. The van der Waals surface area contributed by atoms with Gasteiger partial charge in [-0.25, -0.2) is 0 Å². The number of hydrogen-bond donors (Lipinski definition) is 0. The standard InChI is InChI=1S/C13H14N2O5/c1-20-8-11(16)7-14-5-4-9-2-3-10(15(18)19)6-12(9)13(14)17/h2-3,6H,4-5,7-8H2,1H3. The molecule has 0 aromatic heterocycles. The number of hydrogen-bond acceptors (Lipinski definition) is 5. The lowest BCUT2D eigenvalue weighted by molar-refractivity contribution is -0.384. The quantitative estimate of drug-likeness (QED) is 0.587. The molecule has 1 aromatic rings. The molecule has 106 valence electrons. The highest BCUT2D eigenvalue weighted by Gasteiger charge is 2.27. The largest absolute Gasteiger partial charge is 0.377 e. The topological polar surface area (TPSA) is 89.8 Å². The average Bonchev–Trinajstić information content (AvgIpc) is 2.42. The second-order valence-electron chi connectivity index (χ2n) is 4.55. The number of methoxy groups -OCH3 is 1. The first kappa shape index (κ1) is 14.1. The summed E-state index contributed by atoms with van der Waals surface area (Å²) in [5.41, 5.74) is 0.953. The molecule has 1 aliphatic rings. The van der Waals surface area contributed by atoms with Crippen LogP contribution in [-0.2, 0) is 16.0 Å². The Morgan fingerprint density at radius 1 is 1.50 bits per heavy atom. The van der Waals surface area contributed by atoms with Crippen molar-refractivity contribution in [3.63, 3.8) is 0 Å². The molecule has 0 saturated carbocycles. The van der Waals surface area contributed by atoms with E-state index in [0.29, 0.717) is 18.5 Å². The van der Waals surface area contributed by atoms with Gasteiger partial charge in [-0.15, -0.1) is 0 Å². The van der Waals surface area contributed by atoms with E-state index in [0.717, 1.165) is 5.56 Å². The number of ketones is 1. The number of fused-ring (bicyclic) bond motifs is 1. The minimum Gasteiger partial charge on any atom is -0.377 e. The maximum absolute atomic E-state index is 12.2. The number of carbonyl (C=O) groups excluding carboxylic acids is 2. The lowest BCUT2D eigenvalue weighted by Crippen LogP contribution is -2.41. The summed E-state index contributed by atoms with van der Waals surface area (Å²) in [6.45, 7) is 0.347. The van der Waals surface area contributed by atoms with Crippen LogP contribution in [-0.4, -0.2) is 48.3 Å². The molecule has 0 fully saturated rings. The summed E-state index contributed by atoms with van der Waals surface area (Å²) in [4.78, 5) is 35.4. The monoisotopic (exact) mass is 278 g/mol. The third-order valence-electron chi connectivity index (χ3n) is 3.15. The Morgan fingerprint density at radius 2 is 2.25 bits per heavy atom. The van der Waals surface area contributed by atoms with Gasteiger partial charge in [0.05, 0.1) is 11.5 Å². The summed E-state index contributed by atoms with van der Waals surface area (Å²) in [7, 11) is 1.41. The normalized spacial score (nSPS) is 14.1. The molecule has 0 atom stereocenters. The van der Waals surface area contributed by atoms with Crippen LogP contribution in [0.2, 0.25) is 0 Å². The van der Waals surface area contributed by atoms with Crippen molar-refractivity contribution in [3.05, 3.63) is 39.4 Å². The van der Waals surface area contributed by atoms with Gasteiger partial charge in [-0.1, -0.05) is 6.07 Å². The molecule has 7 heteroatoms. The number of benzene rings is 1. The smallest absolute Gasteiger partial charge is 0.270 e. The summed E-state index contributed by atoms with van der Waals surface area (Å²) >= 11 is 0. The Balaban J connectivity index is 2.21. The van der Waals surface area contributed by atoms with Crippen LogP contribution < -0.4 is 0 Å². The summed E-state index contributed by atoms with van der Waals surface area (Å²) in [5, 5.41) is 10.7. The second kappa shape index (κ2) is 5.79. The molecule has 0 N–H and O–H groups in total. The van der Waals surface area contributed by atoms with Crippen LogP contribution in [0, 0.1) is 10.1 Å². The van der Waals surface area contributed by atoms with E-state index in [4.69, 9.17) is 4.74 Å². The number of rotatable bonds is 5. The molecular weight excluding hydrogens is 264 g/mol. The van der Waals surface area contributed by atoms with Gasteiger partial charge in [0, 0.05) is 31.4 Å². The maximum atomic E-state index is 12.2. The number of amides is 1. The third kappa shape index (κ3) is 2.83. The molecule has 0 radical (unpaired) electrons. The Labute approximate surface area is 115 Å². The molecular formula is C13H14N2O5. The predicted octanol–water partition coefficient (Wildman–Crippen LogP) is 0.809. The van der Waals surface area contributed by atoms with Crippen molar-refractivity contribution in [2.24, 2.45) is 0 Å². The number of ether oxygens (including phenoxy) is 1. The molecule has 0 unspecified atom stereocenters. The summed E-state index contributed by atoms with van der Waals surface area (Å²) < 4.78 is 4.72. The second-order valence-corrected chi connectivity index (χ2v) is 4.55. The Kier molecular flexibility index (Phi) is 4.09. The molecule has 0 bridgehead atoms. The SMILES string of the molecule is COCC(=O)CN1CCc2ccc([N+](=O)[O-])cc2C1=O. The summed E-state index contributed by atoms with van der Waals surface area (Å²) in [6.07, 6.45) is 0.583. The van der Waals surface area contributed by atoms with E-state index in [1.165, 1.54) is 24.1 Å². The van der Waals surface area contributed by atoms with Crippen LogP contribution in [0.15, 0.2) is 18.2 Å². The van der Waals surface area contributed by atoms with Crippen LogP contribution in [0.25, 0.3) is 0 Å².